The van der Waals surface area contributed by atoms with E-state index in [2.05, 4.69) is 25.6 Å². The molecule has 0 aliphatic heterocycles. The van der Waals surface area contributed by atoms with Gasteiger partial charge in [0.1, 0.15) is 0 Å². The predicted octanol–water partition coefficient (Wildman–Crippen LogP) is 2.30. The molecule has 0 saturated carbocycles. The molecule has 23 heavy (non-hydrogen) atoms. The number of nitrogens with one attached hydrogen (secondary N) is 2. The van der Waals surface area contributed by atoms with Gasteiger partial charge in [0.15, 0.2) is 17.0 Å². The molecule has 7 nitrogen and oxygen atoms in total. The second-order valence-electron chi connectivity index (χ2n) is 5.24. The minimum Gasteiger partial charge on any atom is -0.395 e. The van der Waals surface area contributed by atoms with E-state index in [1.165, 1.54) is 5.56 Å². The molecule has 7 heteroatoms. The Morgan fingerprint density at radius 1 is 1.17 bits per heavy atom. The van der Waals surface area contributed by atoms with E-state index in [0.29, 0.717) is 18.3 Å². The standard InChI is InChI=1S/C16H20N6O/c1-3-22-10-18-13-14(19-12-6-4-11(2)5-7-12)20-16(17-8-9-23)21-15(13)22/h4-7,10,23H,3,8-9H2,1-2H3,(H2,17,19,20,21). The number of nitrogens with zero attached hydrogens (tertiary/aromatic N) is 4. The highest BCUT2D eigenvalue weighted by Crippen LogP contribution is 2.24. The number of aliphatic hydroxyl groups is 1. The van der Waals surface area contributed by atoms with Crippen LogP contribution in [0.1, 0.15) is 12.5 Å². The molecule has 0 unspecified atom stereocenters. The van der Waals surface area contributed by atoms with Crippen LogP contribution in [0.4, 0.5) is 17.5 Å². The normalized spacial score (nSPS) is 10.9. The number of aliphatic hydroxyl groups excluding tert-OH is 1. The Labute approximate surface area is 134 Å². The SMILES string of the molecule is CCn1cnc2c(Nc3ccc(C)cc3)nc(NCCO)nc21. The first-order valence-corrected chi connectivity index (χ1v) is 7.62. The minimum atomic E-state index is 0.0230. The van der Waals surface area contributed by atoms with Crippen LogP contribution in [-0.4, -0.2) is 37.8 Å². The summed E-state index contributed by atoms with van der Waals surface area (Å²) in [4.78, 5) is 13.4. The second kappa shape index (κ2) is 6.62. The maximum Gasteiger partial charge on any atom is 0.226 e. The Balaban J connectivity index is 2.02. The molecule has 3 aromatic rings. The summed E-state index contributed by atoms with van der Waals surface area (Å²) in [5, 5.41) is 15.3. The average molecular weight is 312 g/mol. The van der Waals surface area contributed by atoms with Crippen molar-refractivity contribution in [3.8, 4) is 0 Å². The van der Waals surface area contributed by atoms with Crippen LogP contribution in [0.3, 0.4) is 0 Å². The van der Waals surface area contributed by atoms with Gasteiger partial charge in [-0.2, -0.15) is 9.97 Å². The zero-order chi connectivity index (χ0) is 16.2. The number of aromatic nitrogens is 4. The van der Waals surface area contributed by atoms with E-state index in [4.69, 9.17) is 5.11 Å². The van der Waals surface area contributed by atoms with Gasteiger partial charge in [0.05, 0.1) is 12.9 Å². The monoisotopic (exact) mass is 312 g/mol. The lowest BCUT2D eigenvalue weighted by Gasteiger charge is -2.10. The third-order valence-electron chi connectivity index (χ3n) is 3.51. The molecule has 120 valence electrons. The van der Waals surface area contributed by atoms with E-state index < -0.39 is 0 Å². The van der Waals surface area contributed by atoms with Crippen molar-refractivity contribution in [3.05, 3.63) is 36.2 Å². The molecular weight excluding hydrogens is 292 g/mol. The Hall–Kier alpha value is -2.67. The van der Waals surface area contributed by atoms with Crippen molar-refractivity contribution in [3.63, 3.8) is 0 Å². The average Bonchev–Trinajstić information content (AvgIpc) is 2.98. The van der Waals surface area contributed by atoms with Gasteiger partial charge in [-0.15, -0.1) is 0 Å². The van der Waals surface area contributed by atoms with Crippen molar-refractivity contribution >= 4 is 28.6 Å². The van der Waals surface area contributed by atoms with Crippen molar-refractivity contribution < 1.29 is 5.11 Å². The van der Waals surface area contributed by atoms with Gasteiger partial charge in [0.25, 0.3) is 0 Å². The summed E-state index contributed by atoms with van der Waals surface area (Å²) in [5.74, 6) is 1.11. The summed E-state index contributed by atoms with van der Waals surface area (Å²) in [7, 11) is 0. The lowest BCUT2D eigenvalue weighted by Crippen LogP contribution is -2.10. The van der Waals surface area contributed by atoms with Crippen molar-refractivity contribution in [2.24, 2.45) is 0 Å². The third-order valence-corrected chi connectivity index (χ3v) is 3.51. The largest absolute Gasteiger partial charge is 0.395 e. The van der Waals surface area contributed by atoms with Crippen LogP contribution in [0, 0.1) is 6.92 Å². The molecule has 0 aliphatic carbocycles. The summed E-state index contributed by atoms with van der Waals surface area (Å²) in [6, 6.07) is 8.08. The third kappa shape index (κ3) is 3.24. The molecule has 0 aliphatic rings. The van der Waals surface area contributed by atoms with Crippen LogP contribution in [0.15, 0.2) is 30.6 Å². The Kier molecular flexibility index (Phi) is 4.38. The Morgan fingerprint density at radius 2 is 1.96 bits per heavy atom. The fraction of sp³-hybridized carbons (Fsp3) is 0.312. The van der Waals surface area contributed by atoms with Crippen LogP contribution >= 0.6 is 0 Å². The van der Waals surface area contributed by atoms with E-state index >= 15 is 0 Å². The number of fused-ring (bicyclic) bond motifs is 1. The molecule has 0 bridgehead atoms. The predicted molar refractivity (Wildman–Crippen MR) is 91.0 cm³/mol. The van der Waals surface area contributed by atoms with Crippen LogP contribution in [0.5, 0.6) is 0 Å². The number of hydrogen-bond acceptors (Lipinski definition) is 6. The van der Waals surface area contributed by atoms with Crippen molar-refractivity contribution in [1.82, 2.24) is 19.5 Å². The van der Waals surface area contributed by atoms with Gasteiger partial charge in [-0.1, -0.05) is 17.7 Å². The molecule has 0 amide bonds. The molecule has 3 rings (SSSR count). The number of imidazole rings is 1. The number of anilines is 3. The molecule has 2 heterocycles. The maximum atomic E-state index is 8.98. The van der Waals surface area contributed by atoms with E-state index in [1.807, 2.05) is 42.7 Å². The highest BCUT2D eigenvalue weighted by molar-refractivity contribution is 5.86. The summed E-state index contributed by atoms with van der Waals surface area (Å²) < 4.78 is 1.96. The van der Waals surface area contributed by atoms with Gasteiger partial charge in [0.2, 0.25) is 5.95 Å². The van der Waals surface area contributed by atoms with Crippen molar-refractivity contribution in [1.29, 1.82) is 0 Å². The van der Waals surface area contributed by atoms with Crippen LogP contribution in [0.25, 0.3) is 11.2 Å². The zero-order valence-electron chi connectivity index (χ0n) is 13.2. The topological polar surface area (TPSA) is 87.9 Å². The van der Waals surface area contributed by atoms with Crippen molar-refractivity contribution in [2.45, 2.75) is 20.4 Å². The first kappa shape index (κ1) is 15.2. The van der Waals surface area contributed by atoms with Gasteiger partial charge < -0.3 is 20.3 Å². The Bertz CT molecular complexity index is 796. The number of aryl methyl sites for hydroxylation is 2. The first-order chi connectivity index (χ1) is 11.2. The van der Waals surface area contributed by atoms with Crippen LogP contribution in [0.2, 0.25) is 0 Å². The molecule has 0 fully saturated rings. The van der Waals surface area contributed by atoms with E-state index in [0.717, 1.165) is 23.4 Å². The second-order valence-corrected chi connectivity index (χ2v) is 5.24. The van der Waals surface area contributed by atoms with Crippen LogP contribution in [-0.2, 0) is 6.54 Å². The molecule has 1 aromatic carbocycles. The van der Waals surface area contributed by atoms with Gasteiger partial charge in [0, 0.05) is 18.8 Å². The highest BCUT2D eigenvalue weighted by atomic mass is 16.3. The molecule has 0 spiro atoms. The van der Waals surface area contributed by atoms with E-state index in [1.54, 1.807) is 6.33 Å². The van der Waals surface area contributed by atoms with E-state index in [-0.39, 0.29) is 6.61 Å². The fourth-order valence-electron chi connectivity index (χ4n) is 2.28. The van der Waals surface area contributed by atoms with Gasteiger partial charge in [-0.05, 0) is 26.0 Å². The minimum absolute atomic E-state index is 0.0230. The number of hydrogen-bond donors (Lipinski definition) is 3. The van der Waals surface area contributed by atoms with Crippen LogP contribution < -0.4 is 10.6 Å². The van der Waals surface area contributed by atoms with Gasteiger partial charge in [-0.3, -0.25) is 0 Å². The quantitative estimate of drug-likeness (QED) is 0.647. The van der Waals surface area contributed by atoms with Crippen molar-refractivity contribution in [2.75, 3.05) is 23.8 Å². The molecule has 2 aromatic heterocycles. The van der Waals surface area contributed by atoms with E-state index in [9.17, 15) is 0 Å². The Morgan fingerprint density at radius 3 is 2.65 bits per heavy atom. The number of benzene rings is 1. The maximum absolute atomic E-state index is 8.98. The lowest BCUT2D eigenvalue weighted by atomic mass is 10.2. The lowest BCUT2D eigenvalue weighted by molar-refractivity contribution is 0.311. The summed E-state index contributed by atoms with van der Waals surface area (Å²) in [6.07, 6.45) is 1.76. The first-order valence-electron chi connectivity index (χ1n) is 7.62. The molecule has 0 saturated heterocycles. The smallest absolute Gasteiger partial charge is 0.226 e. The summed E-state index contributed by atoms with van der Waals surface area (Å²) >= 11 is 0. The summed E-state index contributed by atoms with van der Waals surface area (Å²) in [6.45, 7) is 5.28. The summed E-state index contributed by atoms with van der Waals surface area (Å²) in [5.41, 5.74) is 3.62. The van der Waals surface area contributed by atoms with Gasteiger partial charge in [-0.25, -0.2) is 4.98 Å². The molecule has 3 N–H and O–H groups in total. The fourth-order valence-corrected chi connectivity index (χ4v) is 2.28. The molecular formula is C16H20N6O. The molecule has 0 radical (unpaired) electrons. The van der Waals surface area contributed by atoms with Gasteiger partial charge >= 0.3 is 0 Å². The number of rotatable bonds is 6. The zero-order valence-corrected chi connectivity index (χ0v) is 13.2. The highest BCUT2D eigenvalue weighted by Gasteiger charge is 2.13. The molecule has 0 atom stereocenters.